The van der Waals surface area contributed by atoms with E-state index in [2.05, 4.69) is 66.9 Å². The van der Waals surface area contributed by atoms with Crippen LogP contribution in [-0.4, -0.2) is 10.5 Å². The van der Waals surface area contributed by atoms with Gasteiger partial charge in [0.2, 0.25) is 0 Å². The van der Waals surface area contributed by atoms with E-state index >= 15 is 0 Å². The number of carbonyl (C=O) groups excluding carboxylic acids is 1. The first-order valence-corrected chi connectivity index (χ1v) is 11.8. The zero-order valence-corrected chi connectivity index (χ0v) is 18.9. The van der Waals surface area contributed by atoms with E-state index in [1.54, 1.807) is 0 Å². The second kappa shape index (κ2) is 9.55. The van der Waals surface area contributed by atoms with Crippen LogP contribution in [0.4, 0.5) is 0 Å². The van der Waals surface area contributed by atoms with E-state index in [0.717, 1.165) is 36.2 Å². The topological polar surface area (TPSA) is 48.0 Å². The molecule has 1 aliphatic carbocycles. The highest BCUT2D eigenvalue weighted by molar-refractivity contribution is 6.02. The highest BCUT2D eigenvalue weighted by atomic mass is 16.1. The standard InChI is InChI=1S/C28H34N2O/c1-3-10-25-27(24-17-15-23(16-18-24)22-13-8-5-9-14-22)26(28(29)31)20(2)30(25)19-21-11-6-4-7-12-21/h5,8-9,13-18,21H,3-4,6-7,10-12,19H2,1-2H3,(H2,29,31). The van der Waals surface area contributed by atoms with Gasteiger partial charge in [-0.2, -0.15) is 0 Å². The zero-order chi connectivity index (χ0) is 21.8. The number of nitrogens with two attached hydrogens (primary N) is 1. The van der Waals surface area contributed by atoms with Crippen molar-refractivity contribution in [3.8, 4) is 22.3 Å². The number of primary amides is 1. The molecule has 0 bridgehead atoms. The van der Waals surface area contributed by atoms with Crippen LogP contribution < -0.4 is 5.73 Å². The van der Waals surface area contributed by atoms with Crippen molar-refractivity contribution in [2.75, 3.05) is 0 Å². The number of hydrogen-bond donors (Lipinski definition) is 1. The monoisotopic (exact) mass is 414 g/mol. The molecule has 1 amide bonds. The molecule has 1 heterocycles. The fraction of sp³-hybridized carbons (Fsp3) is 0.393. The Morgan fingerprint density at radius 2 is 1.55 bits per heavy atom. The quantitative estimate of drug-likeness (QED) is 0.456. The molecule has 1 saturated carbocycles. The molecule has 4 rings (SSSR count). The molecule has 0 spiro atoms. The van der Waals surface area contributed by atoms with Crippen LogP contribution in [0.1, 0.15) is 67.2 Å². The van der Waals surface area contributed by atoms with E-state index in [0.29, 0.717) is 11.5 Å². The van der Waals surface area contributed by atoms with Gasteiger partial charge in [-0.25, -0.2) is 0 Å². The van der Waals surface area contributed by atoms with E-state index in [1.165, 1.54) is 48.9 Å². The van der Waals surface area contributed by atoms with Gasteiger partial charge < -0.3 is 10.3 Å². The maximum atomic E-state index is 12.6. The van der Waals surface area contributed by atoms with Crippen molar-refractivity contribution in [1.82, 2.24) is 4.57 Å². The van der Waals surface area contributed by atoms with Crippen molar-refractivity contribution in [1.29, 1.82) is 0 Å². The number of hydrogen-bond acceptors (Lipinski definition) is 1. The summed E-state index contributed by atoms with van der Waals surface area (Å²) in [6.07, 6.45) is 8.58. The van der Waals surface area contributed by atoms with Crippen molar-refractivity contribution in [3.05, 3.63) is 71.5 Å². The molecular weight excluding hydrogens is 380 g/mol. The summed E-state index contributed by atoms with van der Waals surface area (Å²) in [7, 11) is 0. The Hall–Kier alpha value is -2.81. The van der Waals surface area contributed by atoms with Crippen molar-refractivity contribution in [2.45, 2.75) is 65.3 Å². The molecule has 2 aromatic carbocycles. The first-order chi connectivity index (χ1) is 15.1. The van der Waals surface area contributed by atoms with Crippen molar-refractivity contribution in [3.63, 3.8) is 0 Å². The maximum Gasteiger partial charge on any atom is 0.251 e. The van der Waals surface area contributed by atoms with E-state index < -0.39 is 0 Å². The van der Waals surface area contributed by atoms with Gasteiger partial charge in [-0.05, 0) is 48.8 Å². The lowest BCUT2D eigenvalue weighted by atomic mass is 9.89. The Morgan fingerprint density at radius 1 is 0.935 bits per heavy atom. The minimum atomic E-state index is -0.320. The molecule has 31 heavy (non-hydrogen) atoms. The molecular formula is C28H34N2O. The Morgan fingerprint density at radius 3 is 2.16 bits per heavy atom. The zero-order valence-electron chi connectivity index (χ0n) is 18.9. The van der Waals surface area contributed by atoms with Gasteiger partial charge in [0.15, 0.2) is 0 Å². The van der Waals surface area contributed by atoms with Crippen LogP contribution in [0.15, 0.2) is 54.6 Å². The first-order valence-electron chi connectivity index (χ1n) is 11.8. The van der Waals surface area contributed by atoms with Gasteiger partial charge in [0.25, 0.3) is 5.91 Å². The minimum Gasteiger partial charge on any atom is -0.366 e. The average molecular weight is 415 g/mol. The van der Waals surface area contributed by atoms with Gasteiger partial charge in [0.05, 0.1) is 5.56 Å². The maximum absolute atomic E-state index is 12.6. The van der Waals surface area contributed by atoms with Crippen LogP contribution in [0.25, 0.3) is 22.3 Å². The molecule has 0 saturated heterocycles. The van der Waals surface area contributed by atoms with Crippen LogP contribution in [0.3, 0.4) is 0 Å². The molecule has 3 nitrogen and oxygen atoms in total. The van der Waals surface area contributed by atoms with Gasteiger partial charge in [0, 0.05) is 23.5 Å². The second-order valence-corrected chi connectivity index (χ2v) is 8.95. The third kappa shape index (κ3) is 4.46. The lowest BCUT2D eigenvalue weighted by Crippen LogP contribution is -2.18. The summed E-state index contributed by atoms with van der Waals surface area (Å²) >= 11 is 0. The molecule has 0 atom stereocenters. The van der Waals surface area contributed by atoms with Crippen molar-refractivity contribution in [2.24, 2.45) is 11.7 Å². The molecule has 1 aliphatic rings. The van der Waals surface area contributed by atoms with Gasteiger partial charge in [-0.15, -0.1) is 0 Å². The van der Waals surface area contributed by atoms with Crippen molar-refractivity contribution < 1.29 is 4.79 Å². The van der Waals surface area contributed by atoms with Crippen LogP contribution in [-0.2, 0) is 13.0 Å². The number of nitrogens with zero attached hydrogens (tertiary/aromatic N) is 1. The van der Waals surface area contributed by atoms with Crippen LogP contribution in [0, 0.1) is 12.8 Å². The number of aromatic nitrogens is 1. The fourth-order valence-corrected chi connectivity index (χ4v) is 5.24. The molecule has 162 valence electrons. The van der Waals surface area contributed by atoms with E-state index in [9.17, 15) is 4.79 Å². The SMILES string of the molecule is CCCc1c(-c2ccc(-c3ccccc3)cc2)c(C(N)=O)c(C)n1CC1CCCCC1. The number of rotatable bonds is 7. The lowest BCUT2D eigenvalue weighted by Gasteiger charge is -2.24. The summed E-state index contributed by atoms with van der Waals surface area (Å²) in [5, 5.41) is 0. The van der Waals surface area contributed by atoms with Gasteiger partial charge in [-0.3, -0.25) is 4.79 Å². The third-order valence-corrected chi connectivity index (χ3v) is 6.81. The smallest absolute Gasteiger partial charge is 0.251 e. The molecule has 3 aromatic rings. The first kappa shape index (κ1) is 21.4. The summed E-state index contributed by atoms with van der Waals surface area (Å²) in [5.74, 6) is 0.379. The highest BCUT2D eigenvalue weighted by Gasteiger charge is 2.26. The summed E-state index contributed by atoms with van der Waals surface area (Å²) in [6.45, 7) is 5.28. The van der Waals surface area contributed by atoms with E-state index in [-0.39, 0.29) is 5.91 Å². The van der Waals surface area contributed by atoms with E-state index in [1.807, 2.05) is 6.07 Å². The molecule has 1 aromatic heterocycles. The predicted molar refractivity (Wildman–Crippen MR) is 129 cm³/mol. The summed E-state index contributed by atoms with van der Waals surface area (Å²) in [5.41, 5.74) is 13.4. The number of amides is 1. The molecule has 0 unspecified atom stereocenters. The van der Waals surface area contributed by atoms with Crippen LogP contribution in [0.5, 0.6) is 0 Å². The Labute approximate surface area is 186 Å². The summed E-state index contributed by atoms with van der Waals surface area (Å²) in [4.78, 5) is 12.6. The third-order valence-electron chi connectivity index (χ3n) is 6.81. The van der Waals surface area contributed by atoms with Crippen molar-refractivity contribution >= 4 is 5.91 Å². The molecule has 1 fully saturated rings. The number of benzene rings is 2. The Bertz CT molecular complexity index is 1030. The van der Waals surface area contributed by atoms with Gasteiger partial charge in [0.1, 0.15) is 0 Å². The predicted octanol–water partition coefficient (Wildman–Crippen LogP) is 6.76. The lowest BCUT2D eigenvalue weighted by molar-refractivity contribution is 0.1000. The highest BCUT2D eigenvalue weighted by Crippen LogP contribution is 2.36. The molecule has 2 N–H and O–H groups in total. The Balaban J connectivity index is 1.78. The normalized spacial score (nSPS) is 14.6. The summed E-state index contributed by atoms with van der Waals surface area (Å²) in [6, 6.07) is 19.0. The van der Waals surface area contributed by atoms with Gasteiger partial charge >= 0.3 is 0 Å². The number of carbonyl (C=O) groups is 1. The van der Waals surface area contributed by atoms with Crippen LogP contribution in [0.2, 0.25) is 0 Å². The van der Waals surface area contributed by atoms with Crippen LogP contribution >= 0.6 is 0 Å². The van der Waals surface area contributed by atoms with Gasteiger partial charge in [-0.1, -0.05) is 87.2 Å². The minimum absolute atomic E-state index is 0.320. The molecule has 0 aliphatic heterocycles. The Kier molecular flexibility index (Phi) is 6.60. The molecule has 3 heteroatoms. The summed E-state index contributed by atoms with van der Waals surface area (Å²) < 4.78 is 2.42. The largest absolute Gasteiger partial charge is 0.366 e. The molecule has 0 radical (unpaired) electrons. The van der Waals surface area contributed by atoms with E-state index in [4.69, 9.17) is 5.73 Å². The second-order valence-electron chi connectivity index (χ2n) is 8.95. The fourth-order valence-electron chi connectivity index (χ4n) is 5.24. The average Bonchev–Trinajstić information content (AvgIpc) is 3.07.